The van der Waals surface area contributed by atoms with Crippen molar-refractivity contribution in [2.24, 2.45) is 0 Å². The standard InChI is InChI=1S/C18H20BrFN2O2/c1-22(2)17(13-4-3-5-15(20)10-13)11-21-18(23)12-24-16-8-6-14(19)7-9-16/h3-10,17H,11-12H2,1-2H3,(H,21,23)/t17-/m0/s1. The fourth-order valence-electron chi connectivity index (χ4n) is 2.25. The lowest BCUT2D eigenvalue weighted by molar-refractivity contribution is -0.123. The quantitative estimate of drug-likeness (QED) is 0.782. The molecule has 4 nitrogen and oxygen atoms in total. The third-order valence-electron chi connectivity index (χ3n) is 3.53. The molecule has 128 valence electrons. The van der Waals surface area contributed by atoms with Crippen LogP contribution in [-0.4, -0.2) is 38.1 Å². The highest BCUT2D eigenvalue weighted by Gasteiger charge is 2.16. The predicted octanol–water partition coefficient (Wildman–Crippen LogP) is 3.39. The molecule has 0 saturated heterocycles. The Morgan fingerprint density at radius 2 is 1.96 bits per heavy atom. The van der Waals surface area contributed by atoms with Crippen LogP contribution in [0.4, 0.5) is 4.39 Å². The summed E-state index contributed by atoms with van der Waals surface area (Å²) in [6.07, 6.45) is 0. The number of hydrogen-bond donors (Lipinski definition) is 1. The minimum Gasteiger partial charge on any atom is -0.484 e. The molecule has 0 unspecified atom stereocenters. The molecular weight excluding hydrogens is 375 g/mol. The normalized spacial score (nSPS) is 12.0. The van der Waals surface area contributed by atoms with E-state index in [4.69, 9.17) is 4.74 Å². The van der Waals surface area contributed by atoms with Gasteiger partial charge in [0.25, 0.3) is 5.91 Å². The molecule has 0 aromatic heterocycles. The third kappa shape index (κ3) is 5.62. The van der Waals surface area contributed by atoms with Gasteiger partial charge < -0.3 is 15.0 Å². The van der Waals surface area contributed by atoms with Gasteiger partial charge in [0.15, 0.2) is 6.61 Å². The van der Waals surface area contributed by atoms with E-state index >= 15 is 0 Å². The molecule has 0 spiro atoms. The molecule has 2 rings (SSSR count). The molecule has 0 saturated carbocycles. The number of rotatable bonds is 7. The number of benzene rings is 2. The first-order valence-electron chi connectivity index (χ1n) is 7.52. The van der Waals surface area contributed by atoms with Gasteiger partial charge in [0.1, 0.15) is 11.6 Å². The van der Waals surface area contributed by atoms with Gasteiger partial charge in [0, 0.05) is 11.0 Å². The zero-order chi connectivity index (χ0) is 17.5. The van der Waals surface area contributed by atoms with E-state index in [1.807, 2.05) is 37.2 Å². The van der Waals surface area contributed by atoms with E-state index in [0.717, 1.165) is 10.0 Å². The number of carbonyl (C=O) groups excluding carboxylic acids is 1. The first-order chi connectivity index (χ1) is 11.5. The Hall–Kier alpha value is -1.92. The molecule has 2 aromatic carbocycles. The van der Waals surface area contributed by atoms with Crippen LogP contribution < -0.4 is 10.1 Å². The zero-order valence-corrected chi connectivity index (χ0v) is 15.2. The number of halogens is 2. The average Bonchev–Trinajstić information content (AvgIpc) is 2.54. The van der Waals surface area contributed by atoms with E-state index in [0.29, 0.717) is 12.3 Å². The molecule has 0 aliphatic carbocycles. The van der Waals surface area contributed by atoms with Gasteiger partial charge in [-0.25, -0.2) is 4.39 Å². The van der Waals surface area contributed by atoms with E-state index in [2.05, 4.69) is 21.2 Å². The van der Waals surface area contributed by atoms with Crippen molar-refractivity contribution in [2.75, 3.05) is 27.2 Å². The molecule has 0 fully saturated rings. The maximum Gasteiger partial charge on any atom is 0.258 e. The monoisotopic (exact) mass is 394 g/mol. The number of nitrogens with one attached hydrogen (secondary N) is 1. The average molecular weight is 395 g/mol. The van der Waals surface area contributed by atoms with E-state index in [-0.39, 0.29) is 24.4 Å². The molecule has 1 N–H and O–H groups in total. The van der Waals surface area contributed by atoms with Crippen molar-refractivity contribution in [3.63, 3.8) is 0 Å². The Morgan fingerprint density at radius 3 is 2.58 bits per heavy atom. The molecule has 24 heavy (non-hydrogen) atoms. The Kier molecular flexibility index (Phi) is 6.75. The van der Waals surface area contributed by atoms with Gasteiger partial charge in [-0.15, -0.1) is 0 Å². The van der Waals surface area contributed by atoms with E-state index < -0.39 is 0 Å². The van der Waals surface area contributed by atoms with Crippen LogP contribution in [0.5, 0.6) is 5.75 Å². The number of carbonyl (C=O) groups is 1. The van der Waals surface area contributed by atoms with Crippen molar-refractivity contribution in [1.82, 2.24) is 10.2 Å². The van der Waals surface area contributed by atoms with E-state index in [1.54, 1.807) is 18.2 Å². The minimum atomic E-state index is -0.288. The SMILES string of the molecule is CN(C)[C@@H](CNC(=O)COc1ccc(Br)cc1)c1cccc(F)c1. The van der Waals surface area contributed by atoms with Crippen molar-refractivity contribution in [1.29, 1.82) is 0 Å². The maximum absolute atomic E-state index is 13.4. The van der Waals surface area contributed by atoms with Gasteiger partial charge in [0.2, 0.25) is 0 Å². The fourth-order valence-corrected chi connectivity index (χ4v) is 2.52. The molecule has 1 atom stereocenters. The van der Waals surface area contributed by atoms with Gasteiger partial charge in [-0.05, 0) is 56.1 Å². The topological polar surface area (TPSA) is 41.6 Å². The first kappa shape index (κ1) is 18.4. The lowest BCUT2D eigenvalue weighted by Gasteiger charge is -2.25. The smallest absolute Gasteiger partial charge is 0.258 e. The van der Waals surface area contributed by atoms with Crippen molar-refractivity contribution in [3.8, 4) is 5.75 Å². The van der Waals surface area contributed by atoms with E-state index in [9.17, 15) is 9.18 Å². The van der Waals surface area contributed by atoms with Crippen LogP contribution in [0.2, 0.25) is 0 Å². The van der Waals surface area contributed by atoms with Crippen molar-refractivity contribution < 1.29 is 13.9 Å². The van der Waals surface area contributed by atoms with Crippen LogP contribution in [0.15, 0.2) is 53.0 Å². The number of amides is 1. The summed E-state index contributed by atoms with van der Waals surface area (Å²) in [5, 5.41) is 2.83. The summed E-state index contributed by atoms with van der Waals surface area (Å²) in [5.74, 6) is 0.119. The minimum absolute atomic E-state index is 0.0646. The van der Waals surface area contributed by atoms with Crippen molar-refractivity contribution in [2.45, 2.75) is 6.04 Å². The summed E-state index contributed by atoms with van der Waals surface area (Å²) >= 11 is 3.34. The second-order valence-corrected chi connectivity index (χ2v) is 6.50. The summed E-state index contributed by atoms with van der Waals surface area (Å²) in [4.78, 5) is 13.9. The van der Waals surface area contributed by atoms with Crippen LogP contribution in [0, 0.1) is 5.82 Å². The Morgan fingerprint density at radius 1 is 1.25 bits per heavy atom. The summed E-state index contributed by atoms with van der Waals surface area (Å²) < 4.78 is 19.8. The summed E-state index contributed by atoms with van der Waals surface area (Å²) in [7, 11) is 3.78. The van der Waals surface area contributed by atoms with Gasteiger partial charge in [-0.1, -0.05) is 28.1 Å². The fraction of sp³-hybridized carbons (Fsp3) is 0.278. The number of ether oxygens (including phenoxy) is 1. The Balaban J connectivity index is 1.87. The molecule has 1 amide bonds. The molecule has 0 radical (unpaired) electrons. The van der Waals surface area contributed by atoms with Crippen LogP contribution in [0.25, 0.3) is 0 Å². The number of nitrogens with zero attached hydrogens (tertiary/aromatic N) is 1. The molecule has 0 heterocycles. The van der Waals surface area contributed by atoms with Gasteiger partial charge in [-0.2, -0.15) is 0 Å². The predicted molar refractivity (Wildman–Crippen MR) is 95.5 cm³/mol. The Labute approximate surface area is 149 Å². The molecule has 0 bridgehead atoms. The molecule has 0 aliphatic rings. The largest absolute Gasteiger partial charge is 0.484 e. The number of hydrogen-bond acceptors (Lipinski definition) is 3. The summed E-state index contributed by atoms with van der Waals surface area (Å²) in [6, 6.07) is 13.5. The lowest BCUT2D eigenvalue weighted by atomic mass is 10.1. The van der Waals surface area contributed by atoms with Crippen LogP contribution in [0.3, 0.4) is 0 Å². The van der Waals surface area contributed by atoms with Gasteiger partial charge >= 0.3 is 0 Å². The van der Waals surface area contributed by atoms with Gasteiger partial charge in [0.05, 0.1) is 6.04 Å². The highest BCUT2D eigenvalue weighted by atomic mass is 79.9. The summed E-state index contributed by atoms with van der Waals surface area (Å²) in [5.41, 5.74) is 0.814. The zero-order valence-electron chi connectivity index (χ0n) is 13.6. The third-order valence-corrected chi connectivity index (χ3v) is 4.06. The van der Waals surface area contributed by atoms with Gasteiger partial charge in [-0.3, -0.25) is 4.79 Å². The lowest BCUT2D eigenvalue weighted by Crippen LogP contribution is -2.36. The first-order valence-corrected chi connectivity index (χ1v) is 8.32. The highest BCUT2D eigenvalue weighted by Crippen LogP contribution is 2.18. The van der Waals surface area contributed by atoms with Crippen LogP contribution in [0.1, 0.15) is 11.6 Å². The second-order valence-electron chi connectivity index (χ2n) is 5.58. The molecular formula is C18H20BrFN2O2. The second kappa shape index (κ2) is 8.80. The van der Waals surface area contributed by atoms with Crippen molar-refractivity contribution in [3.05, 3.63) is 64.4 Å². The molecule has 6 heteroatoms. The van der Waals surface area contributed by atoms with E-state index in [1.165, 1.54) is 12.1 Å². The van der Waals surface area contributed by atoms with Crippen LogP contribution in [-0.2, 0) is 4.79 Å². The molecule has 0 aliphatic heterocycles. The van der Waals surface area contributed by atoms with Crippen molar-refractivity contribution >= 4 is 21.8 Å². The highest BCUT2D eigenvalue weighted by molar-refractivity contribution is 9.10. The number of likely N-dealkylation sites (N-methyl/N-ethyl adjacent to an activating group) is 1. The maximum atomic E-state index is 13.4. The molecule has 2 aromatic rings. The summed E-state index contributed by atoms with van der Waals surface area (Å²) in [6.45, 7) is 0.309. The van der Waals surface area contributed by atoms with Crippen LogP contribution >= 0.6 is 15.9 Å². The Bertz CT molecular complexity index is 677.